The number of hydrazine groups is 1. The predicted molar refractivity (Wildman–Crippen MR) is 79.4 cm³/mol. The van der Waals surface area contributed by atoms with Gasteiger partial charge in [-0.25, -0.2) is 0 Å². The van der Waals surface area contributed by atoms with E-state index in [0.29, 0.717) is 5.56 Å². The molecule has 1 aromatic carbocycles. The van der Waals surface area contributed by atoms with Gasteiger partial charge in [0.1, 0.15) is 0 Å². The lowest BCUT2D eigenvalue weighted by molar-refractivity contribution is 0.0600. The van der Waals surface area contributed by atoms with Crippen molar-refractivity contribution in [1.29, 1.82) is 0 Å². The van der Waals surface area contributed by atoms with Crippen LogP contribution in [0.5, 0.6) is 0 Å². The van der Waals surface area contributed by atoms with Crippen molar-refractivity contribution in [3.63, 3.8) is 0 Å². The van der Waals surface area contributed by atoms with Gasteiger partial charge in [-0.1, -0.05) is 12.8 Å². The van der Waals surface area contributed by atoms with Gasteiger partial charge in [0.05, 0.1) is 18.3 Å². The largest absolute Gasteiger partial charge is 0.394 e. The number of nitrogens with one attached hydrogen (secondary N) is 1. The SMILES string of the molecule is Cc1cc(C(=O)N2CCCCCC2CO)ccc1NN. The first-order chi connectivity index (χ1) is 9.67. The van der Waals surface area contributed by atoms with Crippen LogP contribution in [0.1, 0.15) is 41.6 Å². The van der Waals surface area contributed by atoms with Crippen molar-refractivity contribution >= 4 is 11.6 Å². The van der Waals surface area contributed by atoms with Crippen LogP contribution in [-0.2, 0) is 0 Å². The fraction of sp³-hybridized carbons (Fsp3) is 0.533. The second-order valence-electron chi connectivity index (χ2n) is 5.36. The summed E-state index contributed by atoms with van der Waals surface area (Å²) in [5, 5.41) is 9.50. The Labute approximate surface area is 119 Å². The second kappa shape index (κ2) is 6.72. The molecule has 2 rings (SSSR count). The molecule has 4 N–H and O–H groups in total. The Morgan fingerprint density at radius 1 is 1.45 bits per heavy atom. The van der Waals surface area contributed by atoms with E-state index in [1.165, 1.54) is 0 Å². The van der Waals surface area contributed by atoms with Crippen LogP contribution < -0.4 is 11.3 Å². The van der Waals surface area contributed by atoms with E-state index < -0.39 is 0 Å². The van der Waals surface area contributed by atoms with E-state index in [0.717, 1.165) is 43.5 Å². The van der Waals surface area contributed by atoms with Gasteiger partial charge in [-0.15, -0.1) is 0 Å². The van der Waals surface area contributed by atoms with Crippen molar-refractivity contribution in [2.45, 2.75) is 38.6 Å². The number of nitrogens with two attached hydrogens (primary N) is 1. The van der Waals surface area contributed by atoms with E-state index in [1.807, 2.05) is 24.0 Å². The zero-order valence-electron chi connectivity index (χ0n) is 11.9. The second-order valence-corrected chi connectivity index (χ2v) is 5.36. The molecule has 1 amide bonds. The molecule has 0 aliphatic carbocycles. The minimum absolute atomic E-state index is 0.00220. The summed E-state index contributed by atoms with van der Waals surface area (Å²) in [5.74, 6) is 5.40. The molecule has 1 aliphatic heterocycles. The molecule has 1 atom stereocenters. The van der Waals surface area contributed by atoms with E-state index in [2.05, 4.69) is 5.43 Å². The van der Waals surface area contributed by atoms with Crippen molar-refractivity contribution in [3.8, 4) is 0 Å². The zero-order chi connectivity index (χ0) is 14.5. The Bertz CT molecular complexity index is 476. The first-order valence-corrected chi connectivity index (χ1v) is 7.16. The van der Waals surface area contributed by atoms with E-state index in [1.54, 1.807) is 6.07 Å². The van der Waals surface area contributed by atoms with Crippen LogP contribution in [0.25, 0.3) is 0 Å². The van der Waals surface area contributed by atoms with Gasteiger partial charge in [0.2, 0.25) is 0 Å². The number of carbonyl (C=O) groups excluding carboxylic acids is 1. The van der Waals surface area contributed by atoms with Gasteiger partial charge >= 0.3 is 0 Å². The van der Waals surface area contributed by atoms with Crippen LogP contribution in [0.4, 0.5) is 5.69 Å². The van der Waals surface area contributed by atoms with Gasteiger partial charge in [-0.2, -0.15) is 0 Å². The fourth-order valence-electron chi connectivity index (χ4n) is 2.76. The normalized spacial score (nSPS) is 19.6. The van der Waals surface area contributed by atoms with Gasteiger partial charge in [-0.3, -0.25) is 10.6 Å². The zero-order valence-corrected chi connectivity index (χ0v) is 11.9. The van der Waals surface area contributed by atoms with Crippen LogP contribution in [0, 0.1) is 6.92 Å². The average Bonchev–Trinajstić information content (AvgIpc) is 2.71. The third kappa shape index (κ3) is 3.11. The molecule has 1 aromatic rings. The summed E-state index contributed by atoms with van der Waals surface area (Å²) in [6.45, 7) is 2.67. The summed E-state index contributed by atoms with van der Waals surface area (Å²) in [7, 11) is 0. The molecule has 5 heteroatoms. The molecule has 1 heterocycles. The minimum Gasteiger partial charge on any atom is -0.394 e. The van der Waals surface area contributed by atoms with Crippen molar-refractivity contribution < 1.29 is 9.90 Å². The highest BCUT2D eigenvalue weighted by atomic mass is 16.3. The lowest BCUT2D eigenvalue weighted by Gasteiger charge is -2.29. The van der Waals surface area contributed by atoms with Gasteiger partial charge < -0.3 is 15.4 Å². The van der Waals surface area contributed by atoms with Crippen LogP contribution >= 0.6 is 0 Å². The third-order valence-corrected chi connectivity index (χ3v) is 3.98. The first kappa shape index (κ1) is 14.8. The number of aliphatic hydroxyl groups is 1. The van der Waals surface area contributed by atoms with E-state index >= 15 is 0 Å². The Balaban J connectivity index is 2.22. The number of carbonyl (C=O) groups is 1. The van der Waals surface area contributed by atoms with Crippen molar-refractivity contribution in [3.05, 3.63) is 29.3 Å². The number of likely N-dealkylation sites (tertiary alicyclic amines) is 1. The molecule has 0 bridgehead atoms. The van der Waals surface area contributed by atoms with E-state index in [-0.39, 0.29) is 18.6 Å². The number of aryl methyl sites for hydroxylation is 1. The highest BCUT2D eigenvalue weighted by Gasteiger charge is 2.25. The molecule has 0 spiro atoms. The smallest absolute Gasteiger partial charge is 0.254 e. The van der Waals surface area contributed by atoms with Crippen LogP contribution in [0.15, 0.2) is 18.2 Å². The Kier molecular flexibility index (Phi) is 4.98. The standard InChI is InChI=1S/C15H23N3O2/c1-11-9-12(6-7-14(11)17-16)15(20)18-8-4-2-3-5-13(18)10-19/h6-7,9,13,17,19H,2-5,8,10,16H2,1H3. The average molecular weight is 277 g/mol. The number of amides is 1. The predicted octanol–water partition coefficient (Wildman–Crippen LogP) is 1.66. The maximum absolute atomic E-state index is 12.6. The van der Waals surface area contributed by atoms with Gasteiger partial charge in [0.25, 0.3) is 5.91 Å². The number of aliphatic hydroxyl groups excluding tert-OH is 1. The van der Waals surface area contributed by atoms with Crippen molar-refractivity contribution in [2.75, 3.05) is 18.6 Å². The minimum atomic E-state index is -0.0578. The summed E-state index contributed by atoms with van der Waals surface area (Å²) in [4.78, 5) is 14.5. The lowest BCUT2D eigenvalue weighted by Crippen LogP contribution is -2.42. The number of anilines is 1. The van der Waals surface area contributed by atoms with Gasteiger partial charge in [0.15, 0.2) is 0 Å². The molecule has 110 valence electrons. The number of nitrogens with zero attached hydrogens (tertiary/aromatic N) is 1. The number of benzene rings is 1. The summed E-state index contributed by atoms with van der Waals surface area (Å²) in [6, 6.07) is 5.38. The van der Waals surface area contributed by atoms with E-state index in [4.69, 9.17) is 5.84 Å². The molecule has 1 fully saturated rings. The number of rotatable bonds is 3. The molecule has 1 saturated heterocycles. The third-order valence-electron chi connectivity index (χ3n) is 3.98. The molecule has 5 nitrogen and oxygen atoms in total. The van der Waals surface area contributed by atoms with Crippen molar-refractivity contribution in [2.24, 2.45) is 5.84 Å². The highest BCUT2D eigenvalue weighted by molar-refractivity contribution is 5.95. The fourth-order valence-corrected chi connectivity index (χ4v) is 2.76. The van der Waals surface area contributed by atoms with Crippen LogP contribution in [0.2, 0.25) is 0 Å². The number of nitrogen functional groups attached to an aromatic ring is 1. The molecule has 1 unspecified atom stereocenters. The van der Waals surface area contributed by atoms with Crippen molar-refractivity contribution in [1.82, 2.24) is 4.90 Å². The van der Waals surface area contributed by atoms with E-state index in [9.17, 15) is 9.90 Å². The Hall–Kier alpha value is -1.59. The van der Waals surface area contributed by atoms with Gasteiger partial charge in [0, 0.05) is 12.1 Å². The lowest BCUT2D eigenvalue weighted by atomic mass is 10.1. The topological polar surface area (TPSA) is 78.6 Å². The molecular formula is C15H23N3O2. The Morgan fingerprint density at radius 2 is 2.25 bits per heavy atom. The quantitative estimate of drug-likeness (QED) is 0.580. The summed E-state index contributed by atoms with van der Waals surface area (Å²) >= 11 is 0. The molecule has 0 radical (unpaired) electrons. The number of hydrogen-bond donors (Lipinski definition) is 3. The maximum atomic E-state index is 12.6. The van der Waals surface area contributed by atoms with Crippen LogP contribution in [-0.4, -0.2) is 35.1 Å². The summed E-state index contributed by atoms with van der Waals surface area (Å²) in [5.41, 5.74) is 5.01. The first-order valence-electron chi connectivity index (χ1n) is 7.16. The molecule has 0 aromatic heterocycles. The summed E-state index contributed by atoms with van der Waals surface area (Å²) < 4.78 is 0. The monoisotopic (exact) mass is 277 g/mol. The summed E-state index contributed by atoms with van der Waals surface area (Å²) in [6.07, 6.45) is 4.08. The number of hydrogen-bond acceptors (Lipinski definition) is 4. The molecular weight excluding hydrogens is 254 g/mol. The highest BCUT2D eigenvalue weighted by Crippen LogP contribution is 2.21. The van der Waals surface area contributed by atoms with Gasteiger partial charge in [-0.05, 0) is 43.5 Å². The maximum Gasteiger partial charge on any atom is 0.254 e. The molecule has 0 saturated carbocycles. The van der Waals surface area contributed by atoms with Crippen LogP contribution in [0.3, 0.4) is 0 Å². The molecule has 1 aliphatic rings. The molecule has 20 heavy (non-hydrogen) atoms. The Morgan fingerprint density at radius 3 is 2.90 bits per heavy atom.